The van der Waals surface area contributed by atoms with Gasteiger partial charge in [0.25, 0.3) is 0 Å². The Kier molecular flexibility index (Phi) is 5.27. The number of methoxy groups -OCH3 is 1. The Morgan fingerprint density at radius 2 is 1.87 bits per heavy atom. The molecule has 0 amide bonds. The number of allylic oxidation sites excluding steroid dienone is 2. The van der Waals surface area contributed by atoms with Gasteiger partial charge in [0.1, 0.15) is 5.92 Å². The number of carbonyl (C=O) groups is 3. The van der Waals surface area contributed by atoms with E-state index in [1.807, 2.05) is 20.8 Å². The molecule has 1 aliphatic heterocycles. The third-order valence-corrected chi connectivity index (χ3v) is 4.88. The molecule has 0 N–H and O–H groups in total. The average Bonchev–Trinajstić information content (AvgIpc) is 2.99. The maximum absolute atomic E-state index is 13.0. The Hall–Kier alpha value is -1.65. The SMILES string of the molecule is CCCC(=O)C1=C(N2CCCC2)CC(C)(C)[C@H](C(=O)OC)C1=O. The van der Waals surface area contributed by atoms with Crippen molar-refractivity contribution in [1.82, 2.24) is 4.90 Å². The average molecular weight is 321 g/mol. The lowest BCUT2D eigenvalue weighted by atomic mass is 9.66. The van der Waals surface area contributed by atoms with E-state index in [2.05, 4.69) is 4.90 Å². The smallest absolute Gasteiger partial charge is 0.317 e. The Labute approximate surface area is 138 Å². The topological polar surface area (TPSA) is 63.7 Å². The molecular formula is C18H27NO4. The molecule has 0 unspecified atom stereocenters. The second kappa shape index (κ2) is 6.85. The molecule has 1 aliphatic carbocycles. The quantitative estimate of drug-likeness (QED) is 0.442. The van der Waals surface area contributed by atoms with Gasteiger partial charge in [0.2, 0.25) is 0 Å². The van der Waals surface area contributed by atoms with Crippen molar-refractivity contribution in [2.45, 2.75) is 52.9 Å². The number of likely N-dealkylation sites (tertiary alicyclic amines) is 1. The van der Waals surface area contributed by atoms with Gasteiger partial charge in [-0.3, -0.25) is 14.4 Å². The Morgan fingerprint density at radius 3 is 2.39 bits per heavy atom. The van der Waals surface area contributed by atoms with Crippen molar-refractivity contribution in [3.8, 4) is 0 Å². The number of carbonyl (C=O) groups excluding carboxylic acids is 3. The van der Waals surface area contributed by atoms with Gasteiger partial charge < -0.3 is 9.64 Å². The van der Waals surface area contributed by atoms with Crippen LogP contribution in [0.3, 0.4) is 0 Å². The van der Waals surface area contributed by atoms with E-state index in [-0.39, 0.29) is 17.1 Å². The van der Waals surface area contributed by atoms with Gasteiger partial charge in [-0.05, 0) is 31.1 Å². The van der Waals surface area contributed by atoms with Crippen LogP contribution in [0.2, 0.25) is 0 Å². The fraction of sp³-hybridized carbons (Fsp3) is 0.722. The first-order valence-corrected chi connectivity index (χ1v) is 8.46. The van der Waals surface area contributed by atoms with Crippen molar-refractivity contribution < 1.29 is 19.1 Å². The van der Waals surface area contributed by atoms with Crippen LogP contribution in [0.1, 0.15) is 52.9 Å². The van der Waals surface area contributed by atoms with E-state index in [1.165, 1.54) is 7.11 Å². The molecule has 2 aliphatic rings. The zero-order valence-corrected chi connectivity index (χ0v) is 14.6. The number of ether oxygens (including phenoxy) is 1. The number of hydrogen-bond acceptors (Lipinski definition) is 5. The molecule has 0 aromatic heterocycles. The molecule has 0 bridgehead atoms. The number of rotatable bonds is 5. The molecule has 1 saturated heterocycles. The molecule has 0 aromatic rings. The summed E-state index contributed by atoms with van der Waals surface area (Å²) < 4.78 is 4.84. The van der Waals surface area contributed by atoms with Crippen molar-refractivity contribution in [3.05, 3.63) is 11.3 Å². The number of hydrogen-bond donors (Lipinski definition) is 0. The van der Waals surface area contributed by atoms with Crippen LogP contribution in [0.15, 0.2) is 11.3 Å². The van der Waals surface area contributed by atoms with Gasteiger partial charge in [-0.15, -0.1) is 0 Å². The first-order chi connectivity index (χ1) is 10.8. The highest BCUT2D eigenvalue weighted by atomic mass is 16.5. The van der Waals surface area contributed by atoms with Crippen LogP contribution in [-0.4, -0.2) is 42.6 Å². The van der Waals surface area contributed by atoms with Crippen LogP contribution < -0.4 is 0 Å². The van der Waals surface area contributed by atoms with Crippen molar-refractivity contribution in [1.29, 1.82) is 0 Å². The molecule has 1 fully saturated rings. The molecule has 5 heteroatoms. The highest BCUT2D eigenvalue weighted by molar-refractivity contribution is 6.25. The van der Waals surface area contributed by atoms with Crippen LogP contribution in [0.25, 0.3) is 0 Å². The predicted molar refractivity (Wildman–Crippen MR) is 86.7 cm³/mol. The van der Waals surface area contributed by atoms with Crippen molar-refractivity contribution in [2.75, 3.05) is 20.2 Å². The molecule has 0 saturated carbocycles. The van der Waals surface area contributed by atoms with Crippen LogP contribution in [0.4, 0.5) is 0 Å². The van der Waals surface area contributed by atoms with E-state index >= 15 is 0 Å². The Morgan fingerprint density at radius 1 is 1.26 bits per heavy atom. The van der Waals surface area contributed by atoms with Gasteiger partial charge in [0.05, 0.1) is 12.7 Å². The Bertz CT molecular complexity index is 541. The fourth-order valence-electron chi connectivity index (χ4n) is 3.71. The summed E-state index contributed by atoms with van der Waals surface area (Å²) in [5.74, 6) is -1.92. The summed E-state index contributed by atoms with van der Waals surface area (Å²) in [5, 5.41) is 0. The summed E-state index contributed by atoms with van der Waals surface area (Å²) in [6.07, 6.45) is 3.74. The zero-order valence-electron chi connectivity index (χ0n) is 14.6. The van der Waals surface area contributed by atoms with Crippen LogP contribution >= 0.6 is 0 Å². The highest BCUT2D eigenvalue weighted by Crippen LogP contribution is 2.44. The molecule has 0 aromatic carbocycles. The third-order valence-electron chi connectivity index (χ3n) is 4.88. The molecular weight excluding hydrogens is 294 g/mol. The largest absolute Gasteiger partial charge is 0.468 e. The molecule has 0 radical (unpaired) electrons. The minimum atomic E-state index is -0.894. The summed E-state index contributed by atoms with van der Waals surface area (Å²) in [7, 11) is 1.29. The van der Waals surface area contributed by atoms with Gasteiger partial charge >= 0.3 is 5.97 Å². The van der Waals surface area contributed by atoms with Gasteiger partial charge in [-0.25, -0.2) is 0 Å². The van der Waals surface area contributed by atoms with E-state index in [0.29, 0.717) is 19.3 Å². The number of Topliss-reactive ketones (excluding diaryl/α,β-unsaturated/α-hetero) is 2. The number of nitrogens with zero attached hydrogens (tertiary/aromatic N) is 1. The van der Waals surface area contributed by atoms with E-state index in [0.717, 1.165) is 31.6 Å². The normalized spacial score (nSPS) is 24.1. The van der Waals surface area contributed by atoms with E-state index in [1.54, 1.807) is 0 Å². The van der Waals surface area contributed by atoms with Gasteiger partial charge in [-0.2, -0.15) is 0 Å². The summed E-state index contributed by atoms with van der Waals surface area (Å²) in [4.78, 5) is 39.9. The second-order valence-electron chi connectivity index (χ2n) is 7.17. The maximum Gasteiger partial charge on any atom is 0.317 e. The van der Waals surface area contributed by atoms with Gasteiger partial charge in [0.15, 0.2) is 11.6 Å². The first kappa shape index (κ1) is 17.7. The number of ketones is 2. The summed E-state index contributed by atoms with van der Waals surface area (Å²) in [6, 6.07) is 0. The summed E-state index contributed by atoms with van der Waals surface area (Å²) in [5.41, 5.74) is 0.553. The highest BCUT2D eigenvalue weighted by Gasteiger charge is 2.49. The van der Waals surface area contributed by atoms with E-state index in [9.17, 15) is 14.4 Å². The van der Waals surface area contributed by atoms with Crippen molar-refractivity contribution in [3.63, 3.8) is 0 Å². The predicted octanol–water partition coefficient (Wildman–Crippen LogP) is 2.49. The van der Waals surface area contributed by atoms with Crippen LogP contribution in [-0.2, 0) is 19.1 Å². The Balaban J connectivity index is 2.51. The maximum atomic E-state index is 13.0. The molecule has 2 rings (SSSR count). The monoisotopic (exact) mass is 321 g/mol. The summed E-state index contributed by atoms with van der Waals surface area (Å²) in [6.45, 7) is 7.49. The lowest BCUT2D eigenvalue weighted by Crippen LogP contribution is -2.46. The molecule has 23 heavy (non-hydrogen) atoms. The molecule has 0 spiro atoms. The lowest BCUT2D eigenvalue weighted by Gasteiger charge is -2.40. The third kappa shape index (κ3) is 3.33. The van der Waals surface area contributed by atoms with Crippen molar-refractivity contribution in [2.24, 2.45) is 11.3 Å². The molecule has 128 valence electrons. The standard InChI is InChI=1S/C18H27NO4/c1-5-8-13(20)14-12(19-9-6-7-10-19)11-18(2,3)15(16(14)21)17(22)23-4/h15H,5-11H2,1-4H3/t15-/m0/s1. The van der Waals surface area contributed by atoms with Gasteiger partial charge in [-0.1, -0.05) is 20.8 Å². The van der Waals surface area contributed by atoms with E-state index in [4.69, 9.17) is 4.74 Å². The van der Waals surface area contributed by atoms with Crippen molar-refractivity contribution >= 4 is 17.5 Å². The number of esters is 1. The minimum absolute atomic E-state index is 0.135. The summed E-state index contributed by atoms with van der Waals surface area (Å²) >= 11 is 0. The minimum Gasteiger partial charge on any atom is -0.468 e. The molecule has 1 heterocycles. The molecule has 1 atom stereocenters. The zero-order chi connectivity index (χ0) is 17.2. The van der Waals surface area contributed by atoms with Crippen LogP contribution in [0, 0.1) is 11.3 Å². The second-order valence-corrected chi connectivity index (χ2v) is 7.17. The first-order valence-electron chi connectivity index (χ1n) is 8.46. The fourth-order valence-corrected chi connectivity index (χ4v) is 3.71. The van der Waals surface area contributed by atoms with E-state index < -0.39 is 17.3 Å². The van der Waals surface area contributed by atoms with Gasteiger partial charge in [0, 0.05) is 25.2 Å². The van der Waals surface area contributed by atoms with Crippen LogP contribution in [0.5, 0.6) is 0 Å². The lowest BCUT2D eigenvalue weighted by molar-refractivity contribution is -0.154. The molecule has 5 nitrogen and oxygen atoms in total.